The average Bonchev–Trinajstić information content (AvgIpc) is 2.66. The zero-order valence-electron chi connectivity index (χ0n) is 10.6. The lowest BCUT2D eigenvalue weighted by molar-refractivity contribution is 0.0443. The fraction of sp³-hybridized carbons (Fsp3) is 0.833. The van der Waals surface area contributed by atoms with Gasteiger partial charge in [0.1, 0.15) is 0 Å². The van der Waals surface area contributed by atoms with Crippen LogP contribution in [0.3, 0.4) is 0 Å². The summed E-state index contributed by atoms with van der Waals surface area (Å²) in [7, 11) is 0. The van der Waals surface area contributed by atoms with Crippen LogP contribution in [-0.4, -0.2) is 38.8 Å². The summed E-state index contributed by atoms with van der Waals surface area (Å²) in [5.41, 5.74) is -0.513. The Hall–Kier alpha value is -0.940. The molecule has 0 spiro atoms. The monoisotopic (exact) mass is 239 g/mol. The Morgan fingerprint density at radius 2 is 2.24 bits per heavy atom. The fourth-order valence-electron chi connectivity index (χ4n) is 2.18. The fourth-order valence-corrected chi connectivity index (χ4v) is 2.18. The van der Waals surface area contributed by atoms with Gasteiger partial charge in [0.05, 0.1) is 12.1 Å². The number of aliphatic hydroxyl groups is 1. The standard InChI is InChI=1S/C12H21N3O2/c1-3-11-13-10(14-17-11)9-15-7-4-5-12(2,16)6-8-15/h16H,3-9H2,1-2H3. The lowest BCUT2D eigenvalue weighted by Crippen LogP contribution is -2.28. The smallest absolute Gasteiger partial charge is 0.226 e. The van der Waals surface area contributed by atoms with Crippen molar-refractivity contribution in [2.75, 3.05) is 13.1 Å². The van der Waals surface area contributed by atoms with E-state index in [0.717, 1.165) is 51.1 Å². The Bertz CT molecular complexity index is 362. The van der Waals surface area contributed by atoms with E-state index in [1.165, 1.54) is 0 Å². The van der Waals surface area contributed by atoms with E-state index in [1.807, 2.05) is 13.8 Å². The zero-order chi connectivity index (χ0) is 12.3. The van der Waals surface area contributed by atoms with Gasteiger partial charge in [0.25, 0.3) is 0 Å². The maximum atomic E-state index is 10.0. The molecular formula is C12H21N3O2. The summed E-state index contributed by atoms with van der Waals surface area (Å²) in [4.78, 5) is 6.59. The largest absolute Gasteiger partial charge is 0.390 e. The van der Waals surface area contributed by atoms with Crippen molar-refractivity contribution < 1.29 is 9.63 Å². The van der Waals surface area contributed by atoms with Crippen LogP contribution in [0.25, 0.3) is 0 Å². The Balaban J connectivity index is 1.90. The number of rotatable bonds is 3. The number of hydrogen-bond acceptors (Lipinski definition) is 5. The van der Waals surface area contributed by atoms with Gasteiger partial charge in [-0.2, -0.15) is 4.98 Å². The minimum absolute atomic E-state index is 0.513. The van der Waals surface area contributed by atoms with E-state index in [1.54, 1.807) is 0 Å². The van der Waals surface area contributed by atoms with Crippen LogP contribution < -0.4 is 0 Å². The quantitative estimate of drug-likeness (QED) is 0.863. The van der Waals surface area contributed by atoms with Crippen LogP contribution in [0, 0.1) is 0 Å². The van der Waals surface area contributed by atoms with Crippen molar-refractivity contribution in [3.05, 3.63) is 11.7 Å². The van der Waals surface area contributed by atoms with Crippen LogP contribution in [0.1, 0.15) is 44.8 Å². The van der Waals surface area contributed by atoms with Crippen LogP contribution in [0.2, 0.25) is 0 Å². The second-order valence-electron chi connectivity index (χ2n) is 5.08. The van der Waals surface area contributed by atoms with E-state index in [2.05, 4.69) is 15.0 Å². The molecule has 17 heavy (non-hydrogen) atoms. The molecular weight excluding hydrogens is 218 g/mol. The molecule has 1 aromatic heterocycles. The highest BCUT2D eigenvalue weighted by atomic mass is 16.5. The number of likely N-dealkylation sites (tertiary alicyclic amines) is 1. The Morgan fingerprint density at radius 3 is 2.94 bits per heavy atom. The van der Waals surface area contributed by atoms with Crippen LogP contribution in [-0.2, 0) is 13.0 Å². The molecule has 1 N–H and O–H groups in total. The summed E-state index contributed by atoms with van der Waals surface area (Å²) in [5, 5.41) is 14.0. The van der Waals surface area contributed by atoms with Gasteiger partial charge in [0, 0.05) is 13.0 Å². The van der Waals surface area contributed by atoms with Crippen molar-refractivity contribution in [3.8, 4) is 0 Å². The molecule has 1 fully saturated rings. The molecule has 5 heteroatoms. The molecule has 0 saturated carbocycles. The van der Waals surface area contributed by atoms with Gasteiger partial charge < -0.3 is 9.63 Å². The number of nitrogens with zero attached hydrogens (tertiary/aromatic N) is 3. The summed E-state index contributed by atoms with van der Waals surface area (Å²) < 4.78 is 5.09. The van der Waals surface area contributed by atoms with Crippen molar-refractivity contribution in [1.82, 2.24) is 15.0 Å². The molecule has 0 radical (unpaired) electrons. The first kappa shape index (κ1) is 12.5. The molecule has 0 aliphatic carbocycles. The first-order valence-electron chi connectivity index (χ1n) is 6.35. The van der Waals surface area contributed by atoms with E-state index < -0.39 is 5.60 Å². The van der Waals surface area contributed by atoms with E-state index in [0.29, 0.717) is 5.89 Å². The summed E-state index contributed by atoms with van der Waals surface area (Å²) in [6.45, 7) is 6.52. The molecule has 2 heterocycles. The Kier molecular flexibility index (Phi) is 3.79. The summed E-state index contributed by atoms with van der Waals surface area (Å²) in [6.07, 6.45) is 3.48. The molecule has 2 rings (SSSR count). The third kappa shape index (κ3) is 3.51. The Labute approximate surface area is 102 Å². The van der Waals surface area contributed by atoms with E-state index in [9.17, 15) is 5.11 Å². The highest BCUT2D eigenvalue weighted by molar-refractivity contribution is 4.87. The van der Waals surface area contributed by atoms with Crippen molar-refractivity contribution in [2.45, 2.75) is 51.7 Å². The molecule has 1 aliphatic rings. The van der Waals surface area contributed by atoms with Gasteiger partial charge in [-0.15, -0.1) is 0 Å². The second-order valence-corrected chi connectivity index (χ2v) is 5.08. The lowest BCUT2D eigenvalue weighted by Gasteiger charge is -2.21. The van der Waals surface area contributed by atoms with Crippen LogP contribution in [0.5, 0.6) is 0 Å². The third-order valence-corrected chi connectivity index (χ3v) is 3.33. The van der Waals surface area contributed by atoms with Gasteiger partial charge in [0.2, 0.25) is 5.89 Å². The molecule has 5 nitrogen and oxygen atoms in total. The topological polar surface area (TPSA) is 62.4 Å². The van der Waals surface area contributed by atoms with E-state index >= 15 is 0 Å². The summed E-state index contributed by atoms with van der Waals surface area (Å²) in [5.74, 6) is 1.45. The molecule has 1 saturated heterocycles. The molecule has 96 valence electrons. The predicted octanol–water partition coefficient (Wildman–Crippen LogP) is 1.37. The van der Waals surface area contributed by atoms with Gasteiger partial charge in [-0.05, 0) is 32.7 Å². The molecule has 1 aliphatic heterocycles. The molecule has 0 aromatic carbocycles. The zero-order valence-corrected chi connectivity index (χ0v) is 10.6. The highest BCUT2D eigenvalue weighted by Crippen LogP contribution is 2.21. The maximum Gasteiger partial charge on any atom is 0.226 e. The average molecular weight is 239 g/mol. The van der Waals surface area contributed by atoms with Crippen LogP contribution in [0.15, 0.2) is 4.52 Å². The van der Waals surface area contributed by atoms with Gasteiger partial charge in [-0.25, -0.2) is 0 Å². The van der Waals surface area contributed by atoms with Gasteiger partial charge in [0.15, 0.2) is 5.82 Å². The maximum absolute atomic E-state index is 10.0. The van der Waals surface area contributed by atoms with Crippen LogP contribution in [0.4, 0.5) is 0 Å². The molecule has 0 bridgehead atoms. The van der Waals surface area contributed by atoms with Crippen molar-refractivity contribution >= 4 is 0 Å². The van der Waals surface area contributed by atoms with E-state index in [4.69, 9.17) is 4.52 Å². The van der Waals surface area contributed by atoms with Crippen molar-refractivity contribution in [1.29, 1.82) is 0 Å². The van der Waals surface area contributed by atoms with Gasteiger partial charge in [-0.1, -0.05) is 12.1 Å². The summed E-state index contributed by atoms with van der Waals surface area (Å²) in [6, 6.07) is 0. The summed E-state index contributed by atoms with van der Waals surface area (Å²) >= 11 is 0. The molecule has 1 atom stereocenters. The van der Waals surface area contributed by atoms with Gasteiger partial charge >= 0.3 is 0 Å². The first-order valence-corrected chi connectivity index (χ1v) is 6.35. The predicted molar refractivity (Wildman–Crippen MR) is 63.4 cm³/mol. The third-order valence-electron chi connectivity index (χ3n) is 3.33. The Morgan fingerprint density at radius 1 is 1.41 bits per heavy atom. The second kappa shape index (κ2) is 5.14. The minimum atomic E-state index is -0.513. The molecule has 1 aromatic rings. The number of aromatic nitrogens is 2. The lowest BCUT2D eigenvalue weighted by atomic mass is 9.98. The highest BCUT2D eigenvalue weighted by Gasteiger charge is 2.25. The molecule has 0 amide bonds. The van der Waals surface area contributed by atoms with Crippen molar-refractivity contribution in [3.63, 3.8) is 0 Å². The number of aryl methyl sites for hydroxylation is 1. The van der Waals surface area contributed by atoms with E-state index in [-0.39, 0.29) is 0 Å². The van der Waals surface area contributed by atoms with Gasteiger partial charge in [-0.3, -0.25) is 4.90 Å². The number of hydrogen-bond donors (Lipinski definition) is 1. The van der Waals surface area contributed by atoms with Crippen molar-refractivity contribution in [2.24, 2.45) is 0 Å². The normalized spacial score (nSPS) is 27.0. The first-order chi connectivity index (χ1) is 8.09. The SMILES string of the molecule is CCc1nc(CN2CCCC(C)(O)CC2)no1. The van der Waals surface area contributed by atoms with Crippen LogP contribution >= 0.6 is 0 Å². The molecule has 1 unspecified atom stereocenters. The minimum Gasteiger partial charge on any atom is -0.390 e.